The molecule has 1 aromatic heterocycles. The number of hydrogen-bond donors (Lipinski definition) is 2. The molecule has 0 spiro atoms. The predicted molar refractivity (Wildman–Crippen MR) is 63.0 cm³/mol. The molecule has 2 heterocycles. The van der Waals surface area contributed by atoms with Crippen LogP contribution in [0.5, 0.6) is 0 Å². The molecular formula is C12H21N3O. The molecule has 2 unspecified atom stereocenters. The predicted octanol–water partition coefficient (Wildman–Crippen LogP) is 1.56. The SMILES string of the molecule is CC(C)C1OCCC1CNCc1ccn[nH]1. The van der Waals surface area contributed by atoms with Crippen molar-refractivity contribution in [1.29, 1.82) is 0 Å². The molecule has 0 radical (unpaired) electrons. The van der Waals surface area contributed by atoms with E-state index in [2.05, 4.69) is 29.4 Å². The summed E-state index contributed by atoms with van der Waals surface area (Å²) in [4.78, 5) is 0. The van der Waals surface area contributed by atoms with Crippen LogP contribution in [0.3, 0.4) is 0 Å². The van der Waals surface area contributed by atoms with Crippen LogP contribution in [0.1, 0.15) is 26.0 Å². The van der Waals surface area contributed by atoms with Gasteiger partial charge < -0.3 is 10.1 Å². The van der Waals surface area contributed by atoms with Crippen molar-refractivity contribution in [3.63, 3.8) is 0 Å². The zero-order chi connectivity index (χ0) is 11.4. The van der Waals surface area contributed by atoms with Crippen LogP contribution in [-0.4, -0.2) is 29.5 Å². The Morgan fingerprint density at radius 1 is 1.62 bits per heavy atom. The van der Waals surface area contributed by atoms with E-state index in [9.17, 15) is 0 Å². The summed E-state index contributed by atoms with van der Waals surface area (Å²) in [7, 11) is 0. The van der Waals surface area contributed by atoms with Crippen molar-refractivity contribution in [2.45, 2.75) is 32.9 Å². The number of ether oxygens (including phenoxy) is 1. The summed E-state index contributed by atoms with van der Waals surface area (Å²) in [6.45, 7) is 7.28. The van der Waals surface area contributed by atoms with Crippen molar-refractivity contribution in [2.75, 3.05) is 13.2 Å². The van der Waals surface area contributed by atoms with Gasteiger partial charge >= 0.3 is 0 Å². The van der Waals surface area contributed by atoms with E-state index in [-0.39, 0.29) is 0 Å². The Morgan fingerprint density at radius 2 is 2.50 bits per heavy atom. The van der Waals surface area contributed by atoms with Gasteiger partial charge in [0.05, 0.1) is 6.10 Å². The molecule has 0 amide bonds. The summed E-state index contributed by atoms with van der Waals surface area (Å²) < 4.78 is 5.75. The molecule has 2 atom stereocenters. The maximum Gasteiger partial charge on any atom is 0.0639 e. The molecule has 1 saturated heterocycles. The molecule has 0 saturated carbocycles. The number of aromatic nitrogens is 2. The van der Waals surface area contributed by atoms with Gasteiger partial charge in [0.25, 0.3) is 0 Å². The maximum absolute atomic E-state index is 5.75. The first kappa shape index (κ1) is 11.6. The normalized spacial score (nSPS) is 25.4. The Kier molecular flexibility index (Phi) is 3.96. The molecule has 16 heavy (non-hydrogen) atoms. The third kappa shape index (κ3) is 2.83. The maximum atomic E-state index is 5.75. The Labute approximate surface area is 96.8 Å². The van der Waals surface area contributed by atoms with Crippen molar-refractivity contribution in [3.05, 3.63) is 18.0 Å². The van der Waals surface area contributed by atoms with Crippen LogP contribution in [-0.2, 0) is 11.3 Å². The number of nitrogens with one attached hydrogen (secondary N) is 2. The van der Waals surface area contributed by atoms with Crippen LogP contribution < -0.4 is 5.32 Å². The minimum atomic E-state index is 0.425. The summed E-state index contributed by atoms with van der Waals surface area (Å²) in [5, 5.41) is 10.3. The van der Waals surface area contributed by atoms with E-state index in [1.807, 2.05) is 6.07 Å². The number of nitrogens with zero attached hydrogens (tertiary/aromatic N) is 1. The van der Waals surface area contributed by atoms with Crippen LogP contribution >= 0.6 is 0 Å². The quantitative estimate of drug-likeness (QED) is 0.796. The Morgan fingerprint density at radius 3 is 3.19 bits per heavy atom. The van der Waals surface area contributed by atoms with Crippen molar-refractivity contribution in [2.24, 2.45) is 11.8 Å². The molecule has 1 fully saturated rings. The average molecular weight is 223 g/mol. The average Bonchev–Trinajstić information content (AvgIpc) is 2.87. The summed E-state index contributed by atoms with van der Waals surface area (Å²) in [5.74, 6) is 1.27. The summed E-state index contributed by atoms with van der Waals surface area (Å²) in [6, 6.07) is 2.00. The molecule has 0 bridgehead atoms. The second-order valence-corrected chi connectivity index (χ2v) is 4.84. The fourth-order valence-corrected chi connectivity index (χ4v) is 2.39. The molecule has 4 heteroatoms. The van der Waals surface area contributed by atoms with Gasteiger partial charge in [0, 0.05) is 31.6 Å². The van der Waals surface area contributed by atoms with Gasteiger partial charge in [-0.05, 0) is 24.3 Å². The van der Waals surface area contributed by atoms with Gasteiger partial charge in [-0.3, -0.25) is 5.10 Å². The zero-order valence-electron chi connectivity index (χ0n) is 10.1. The highest BCUT2D eigenvalue weighted by atomic mass is 16.5. The minimum Gasteiger partial charge on any atom is -0.378 e. The number of hydrogen-bond acceptors (Lipinski definition) is 3. The Balaban J connectivity index is 1.73. The van der Waals surface area contributed by atoms with Gasteiger partial charge in [-0.1, -0.05) is 13.8 Å². The van der Waals surface area contributed by atoms with Crippen molar-refractivity contribution < 1.29 is 4.74 Å². The lowest BCUT2D eigenvalue weighted by molar-refractivity contribution is 0.0539. The van der Waals surface area contributed by atoms with E-state index >= 15 is 0 Å². The van der Waals surface area contributed by atoms with E-state index in [1.165, 1.54) is 6.42 Å². The van der Waals surface area contributed by atoms with Gasteiger partial charge in [0.1, 0.15) is 0 Å². The molecule has 90 valence electrons. The van der Waals surface area contributed by atoms with E-state index in [4.69, 9.17) is 4.74 Å². The monoisotopic (exact) mass is 223 g/mol. The lowest BCUT2D eigenvalue weighted by Gasteiger charge is -2.22. The first-order valence-electron chi connectivity index (χ1n) is 6.08. The van der Waals surface area contributed by atoms with Crippen molar-refractivity contribution in [3.8, 4) is 0 Å². The first-order chi connectivity index (χ1) is 7.77. The highest BCUT2D eigenvalue weighted by Crippen LogP contribution is 2.26. The third-order valence-electron chi connectivity index (χ3n) is 3.20. The molecule has 4 nitrogen and oxygen atoms in total. The molecule has 0 aromatic carbocycles. The summed E-state index contributed by atoms with van der Waals surface area (Å²) in [5.41, 5.74) is 1.14. The van der Waals surface area contributed by atoms with Crippen LogP contribution in [0.2, 0.25) is 0 Å². The van der Waals surface area contributed by atoms with E-state index in [0.29, 0.717) is 17.9 Å². The smallest absolute Gasteiger partial charge is 0.0639 e. The summed E-state index contributed by atoms with van der Waals surface area (Å²) >= 11 is 0. The van der Waals surface area contributed by atoms with E-state index < -0.39 is 0 Å². The summed E-state index contributed by atoms with van der Waals surface area (Å²) in [6.07, 6.45) is 3.39. The van der Waals surface area contributed by atoms with Gasteiger partial charge in [-0.25, -0.2) is 0 Å². The standard InChI is InChI=1S/C12H21N3O/c1-9(2)12-10(4-6-16-12)7-13-8-11-3-5-14-15-11/h3,5,9-10,12-13H,4,6-8H2,1-2H3,(H,14,15). The molecule has 1 aliphatic heterocycles. The fraction of sp³-hybridized carbons (Fsp3) is 0.750. The highest BCUT2D eigenvalue weighted by molar-refractivity contribution is 4.96. The van der Waals surface area contributed by atoms with Gasteiger partial charge in [-0.2, -0.15) is 5.10 Å². The topological polar surface area (TPSA) is 49.9 Å². The van der Waals surface area contributed by atoms with Crippen molar-refractivity contribution >= 4 is 0 Å². The molecule has 0 aliphatic carbocycles. The number of rotatable bonds is 5. The number of aromatic amines is 1. The lowest BCUT2D eigenvalue weighted by atomic mass is 9.93. The molecule has 1 aliphatic rings. The third-order valence-corrected chi connectivity index (χ3v) is 3.20. The van der Waals surface area contributed by atoms with Gasteiger partial charge in [0.15, 0.2) is 0 Å². The van der Waals surface area contributed by atoms with E-state index in [0.717, 1.165) is 25.4 Å². The van der Waals surface area contributed by atoms with E-state index in [1.54, 1.807) is 6.20 Å². The fourth-order valence-electron chi connectivity index (χ4n) is 2.39. The minimum absolute atomic E-state index is 0.425. The highest BCUT2D eigenvalue weighted by Gasteiger charge is 2.29. The Hall–Kier alpha value is -0.870. The largest absolute Gasteiger partial charge is 0.378 e. The molecule has 1 aromatic rings. The van der Waals surface area contributed by atoms with Gasteiger partial charge in [0.2, 0.25) is 0 Å². The molecular weight excluding hydrogens is 202 g/mol. The van der Waals surface area contributed by atoms with Crippen molar-refractivity contribution in [1.82, 2.24) is 15.5 Å². The second-order valence-electron chi connectivity index (χ2n) is 4.84. The number of H-pyrrole nitrogens is 1. The van der Waals surface area contributed by atoms with Gasteiger partial charge in [-0.15, -0.1) is 0 Å². The van der Waals surface area contributed by atoms with Crippen LogP contribution in [0.4, 0.5) is 0 Å². The lowest BCUT2D eigenvalue weighted by Crippen LogP contribution is -2.31. The van der Waals surface area contributed by atoms with Crippen LogP contribution in [0, 0.1) is 11.8 Å². The van der Waals surface area contributed by atoms with Crippen LogP contribution in [0.15, 0.2) is 12.3 Å². The second kappa shape index (κ2) is 5.46. The zero-order valence-corrected chi connectivity index (χ0v) is 10.1. The molecule has 2 rings (SSSR count). The van der Waals surface area contributed by atoms with Crippen LogP contribution in [0.25, 0.3) is 0 Å². The molecule has 2 N–H and O–H groups in total. The first-order valence-corrected chi connectivity index (χ1v) is 6.08. The Bertz CT molecular complexity index is 297.